The van der Waals surface area contributed by atoms with Crippen LogP contribution in [0.25, 0.3) is 33.4 Å². The Balaban J connectivity index is 0.000000234. The molecule has 2 aromatic heterocycles. The molecule has 0 saturated carbocycles. The number of unbranched alkanes of at least 4 members (excludes halogenated alkanes) is 9. The van der Waals surface area contributed by atoms with E-state index in [4.69, 9.17) is 0 Å². The zero-order chi connectivity index (χ0) is 44.9. The van der Waals surface area contributed by atoms with E-state index in [-0.39, 0.29) is 33.4 Å². The number of alkyl halides is 6. The summed E-state index contributed by atoms with van der Waals surface area (Å²) in [4.78, 5) is 2.44. The molecule has 0 spiro atoms. The predicted octanol–water partition coefficient (Wildman–Crippen LogP) is 13.7. The molecule has 6 rings (SSSR count). The first-order chi connectivity index (χ1) is 28.5. The predicted molar refractivity (Wildman–Crippen MR) is 229 cm³/mol. The van der Waals surface area contributed by atoms with Crippen LogP contribution in [0.3, 0.4) is 0 Å². The molecule has 6 aromatic rings. The van der Waals surface area contributed by atoms with Crippen molar-refractivity contribution in [3.05, 3.63) is 94.0 Å². The first-order valence-electron chi connectivity index (χ1n) is 21.1. The van der Waals surface area contributed by atoms with Gasteiger partial charge in [-0.2, -0.15) is 26.3 Å². The molecule has 14 heteroatoms. The quantitative estimate of drug-likeness (QED) is 0.0886. The number of rotatable bonds is 13. The lowest BCUT2D eigenvalue weighted by Gasteiger charge is -2.27. The number of hydrogen-bond donors (Lipinski definition) is 2. The van der Waals surface area contributed by atoms with E-state index in [1.807, 2.05) is 39.8 Å². The van der Waals surface area contributed by atoms with Gasteiger partial charge in [-0.15, -0.1) is 30.0 Å². The van der Waals surface area contributed by atoms with Gasteiger partial charge in [0.1, 0.15) is 44.9 Å². The average Bonchev–Trinajstić information content (AvgIpc) is 3.79. The summed E-state index contributed by atoms with van der Waals surface area (Å²) in [5.74, 6) is 0.115. The van der Waals surface area contributed by atoms with Crippen LogP contribution in [0.15, 0.2) is 60.7 Å². The largest absolute Gasteiger partial charge is 0.505 e. The van der Waals surface area contributed by atoms with E-state index in [0.29, 0.717) is 22.4 Å². The third kappa shape index (κ3) is 12.0. The minimum absolute atomic E-state index is 0.0249. The molecule has 0 atom stereocenters. The summed E-state index contributed by atoms with van der Waals surface area (Å²) in [7, 11) is 0. The lowest BCUT2D eigenvalue weighted by atomic mass is 9.80. The maximum absolute atomic E-state index is 13.0. The maximum atomic E-state index is 13.0. The van der Waals surface area contributed by atoms with Gasteiger partial charge in [0.2, 0.25) is 0 Å². The summed E-state index contributed by atoms with van der Waals surface area (Å²) >= 11 is 0. The van der Waals surface area contributed by atoms with E-state index in [0.717, 1.165) is 65.8 Å². The smallest absolute Gasteiger partial charge is 0.416 e. The molecule has 0 amide bonds. The Kier molecular flexibility index (Phi) is 14.5. The van der Waals surface area contributed by atoms with Crippen LogP contribution in [-0.4, -0.2) is 40.2 Å². The molecular weight excluding hydrogens is 795 g/mol. The highest BCUT2D eigenvalue weighted by Gasteiger charge is 2.32. The van der Waals surface area contributed by atoms with E-state index in [2.05, 4.69) is 48.1 Å². The molecule has 0 aliphatic heterocycles. The van der Waals surface area contributed by atoms with Gasteiger partial charge in [0.15, 0.2) is 0 Å². The molecule has 330 valence electrons. The van der Waals surface area contributed by atoms with Crippen LogP contribution in [0, 0.1) is 6.92 Å². The normalized spacial score (nSPS) is 12.6. The summed E-state index contributed by atoms with van der Waals surface area (Å²) in [6, 6.07) is 14.0. The number of halogens is 6. The SMILES string of the molecule is CC(C)(C)c1cc(-n2nc3ccc(C(F)(F)F)cc3n2)c(O)c(C(C)(C)C)c1.CCCCCCCCCCCCc1cc(C)cc(-n2nc3ccc(C(F)(F)F)cc3n2)c1O. The van der Waals surface area contributed by atoms with Crippen molar-refractivity contribution in [1.82, 2.24) is 30.0 Å². The zero-order valence-corrected chi connectivity index (χ0v) is 36.4. The molecule has 0 bridgehead atoms. The van der Waals surface area contributed by atoms with Crippen molar-refractivity contribution in [2.45, 2.75) is 149 Å². The van der Waals surface area contributed by atoms with Crippen LogP contribution >= 0.6 is 0 Å². The van der Waals surface area contributed by atoms with Crippen LogP contribution < -0.4 is 0 Å². The molecule has 0 aliphatic carbocycles. The number of fused-ring (bicyclic) bond motifs is 2. The number of aryl methyl sites for hydroxylation is 2. The van der Waals surface area contributed by atoms with Gasteiger partial charge in [-0.1, -0.05) is 118 Å². The van der Waals surface area contributed by atoms with E-state index < -0.39 is 23.5 Å². The second-order valence-corrected chi connectivity index (χ2v) is 18.0. The Bertz CT molecular complexity index is 2420. The summed E-state index contributed by atoms with van der Waals surface area (Å²) in [6.45, 7) is 16.3. The van der Waals surface area contributed by atoms with Gasteiger partial charge < -0.3 is 10.2 Å². The number of phenolic OH excluding ortho intramolecular Hbond substituents is 2. The van der Waals surface area contributed by atoms with E-state index in [1.54, 1.807) is 12.1 Å². The third-order valence-electron chi connectivity index (χ3n) is 10.7. The summed E-state index contributed by atoms with van der Waals surface area (Å²) in [5, 5.41) is 38.7. The molecule has 0 fully saturated rings. The highest BCUT2D eigenvalue weighted by molar-refractivity contribution is 5.76. The third-order valence-corrected chi connectivity index (χ3v) is 10.7. The fourth-order valence-corrected chi connectivity index (χ4v) is 7.15. The van der Waals surface area contributed by atoms with Crippen molar-refractivity contribution in [3.8, 4) is 22.9 Å². The lowest BCUT2D eigenvalue weighted by molar-refractivity contribution is -0.138. The first kappa shape index (κ1) is 46.9. The summed E-state index contributed by atoms with van der Waals surface area (Å²) < 4.78 is 77.9. The van der Waals surface area contributed by atoms with Gasteiger partial charge in [0.25, 0.3) is 0 Å². The van der Waals surface area contributed by atoms with E-state index >= 15 is 0 Å². The van der Waals surface area contributed by atoms with Gasteiger partial charge in [-0.3, -0.25) is 0 Å². The molecule has 0 aliphatic rings. The van der Waals surface area contributed by atoms with Crippen LogP contribution in [-0.2, 0) is 29.6 Å². The molecule has 2 heterocycles. The van der Waals surface area contributed by atoms with Crippen LogP contribution in [0.2, 0.25) is 0 Å². The van der Waals surface area contributed by atoms with Gasteiger partial charge >= 0.3 is 12.4 Å². The van der Waals surface area contributed by atoms with Gasteiger partial charge in [0.05, 0.1) is 11.1 Å². The van der Waals surface area contributed by atoms with Crippen molar-refractivity contribution in [2.24, 2.45) is 0 Å². The molecular formula is C47H58F6N6O2. The van der Waals surface area contributed by atoms with Gasteiger partial charge in [-0.05, 0) is 95.8 Å². The molecule has 61 heavy (non-hydrogen) atoms. The second kappa shape index (κ2) is 18.9. The van der Waals surface area contributed by atoms with Crippen molar-refractivity contribution in [1.29, 1.82) is 0 Å². The van der Waals surface area contributed by atoms with Crippen LogP contribution in [0.5, 0.6) is 11.5 Å². The molecule has 0 saturated heterocycles. The van der Waals surface area contributed by atoms with Gasteiger partial charge in [-0.25, -0.2) is 0 Å². The van der Waals surface area contributed by atoms with Crippen LogP contribution in [0.4, 0.5) is 26.3 Å². The van der Waals surface area contributed by atoms with E-state index in [9.17, 15) is 36.6 Å². The molecule has 0 unspecified atom stereocenters. The highest BCUT2D eigenvalue weighted by atomic mass is 19.4. The Labute approximate surface area is 354 Å². The molecule has 8 nitrogen and oxygen atoms in total. The molecule has 0 radical (unpaired) electrons. The first-order valence-corrected chi connectivity index (χ1v) is 21.1. The number of nitrogens with zero attached hydrogens (tertiary/aromatic N) is 6. The zero-order valence-electron chi connectivity index (χ0n) is 36.4. The lowest BCUT2D eigenvalue weighted by Crippen LogP contribution is -2.18. The topological polar surface area (TPSA) is 102 Å². The second-order valence-electron chi connectivity index (χ2n) is 18.0. The van der Waals surface area contributed by atoms with Crippen molar-refractivity contribution < 1.29 is 36.6 Å². The minimum Gasteiger partial charge on any atom is -0.505 e. The molecule has 2 N–H and O–H groups in total. The summed E-state index contributed by atoms with van der Waals surface area (Å²) in [6.07, 6.45) is 4.29. The van der Waals surface area contributed by atoms with E-state index in [1.165, 1.54) is 73.1 Å². The monoisotopic (exact) mass is 852 g/mol. The Morgan fingerprint density at radius 1 is 0.492 bits per heavy atom. The number of aromatic nitrogens is 6. The maximum Gasteiger partial charge on any atom is 0.416 e. The Morgan fingerprint density at radius 3 is 1.38 bits per heavy atom. The highest BCUT2D eigenvalue weighted by Crippen LogP contribution is 2.40. The molecule has 4 aromatic carbocycles. The van der Waals surface area contributed by atoms with Gasteiger partial charge in [0, 0.05) is 5.56 Å². The number of aromatic hydroxyl groups is 2. The number of benzene rings is 4. The number of phenols is 2. The fraction of sp³-hybridized carbons (Fsp3) is 0.489. The van der Waals surface area contributed by atoms with Crippen molar-refractivity contribution >= 4 is 22.1 Å². The van der Waals surface area contributed by atoms with Crippen molar-refractivity contribution in [2.75, 3.05) is 0 Å². The average molecular weight is 853 g/mol. The fourth-order valence-electron chi connectivity index (χ4n) is 7.15. The minimum atomic E-state index is -4.45. The van der Waals surface area contributed by atoms with Crippen LogP contribution in [0.1, 0.15) is 146 Å². The summed E-state index contributed by atoms with van der Waals surface area (Å²) in [5.41, 5.74) is 3.06. The Hall–Kier alpha value is -5.14. The van der Waals surface area contributed by atoms with Crippen molar-refractivity contribution in [3.63, 3.8) is 0 Å². The number of hydrogen-bond acceptors (Lipinski definition) is 6. The Morgan fingerprint density at radius 2 is 0.934 bits per heavy atom. The standard InChI is InChI=1S/C26H34F3N3O.C21H24F3N3O/c1-3-4-5-6-7-8-9-10-11-12-13-20-16-19(2)17-24(25(20)33)32-30-22-15-14-21(26(27,28)29)18-23(22)31-32;1-19(2,3)13-9-14(20(4,5)6)18(28)17(11-13)27-25-15-8-7-12(21(22,23)24)10-16(15)26-27/h14-18,33H,3-13H2,1-2H3;7-11,28H,1-6H3.